The van der Waals surface area contributed by atoms with E-state index in [9.17, 15) is 4.79 Å². The number of rotatable bonds is 4. The molecule has 2 heterocycles. The third-order valence-corrected chi connectivity index (χ3v) is 2.72. The number of H-pyrrole nitrogens is 1. The standard InChI is InChI=1S/C10H11N5O2S/c1-6-11-7(5-18-6)3-4-8(16)12-9-13-10(17-2)15-14-9/h3-5H,1-2H3,(H2,12,13,14,15,16)/b4-3+. The lowest BCUT2D eigenvalue weighted by Crippen LogP contribution is -2.09. The highest BCUT2D eigenvalue weighted by Crippen LogP contribution is 2.09. The summed E-state index contributed by atoms with van der Waals surface area (Å²) in [5.41, 5.74) is 0.753. The quantitative estimate of drug-likeness (QED) is 0.811. The van der Waals surface area contributed by atoms with Crippen molar-refractivity contribution in [2.75, 3.05) is 12.4 Å². The number of carbonyl (C=O) groups excluding carboxylic acids is 1. The van der Waals surface area contributed by atoms with Crippen LogP contribution in [0.3, 0.4) is 0 Å². The topological polar surface area (TPSA) is 92.8 Å². The fourth-order valence-corrected chi connectivity index (χ4v) is 1.75. The second-order valence-electron chi connectivity index (χ2n) is 3.28. The van der Waals surface area contributed by atoms with Gasteiger partial charge in [0.05, 0.1) is 17.8 Å². The summed E-state index contributed by atoms with van der Waals surface area (Å²) >= 11 is 1.53. The van der Waals surface area contributed by atoms with Gasteiger partial charge in [-0.05, 0) is 13.0 Å². The predicted molar refractivity (Wildman–Crippen MR) is 67.4 cm³/mol. The lowest BCUT2D eigenvalue weighted by molar-refractivity contribution is -0.111. The van der Waals surface area contributed by atoms with Gasteiger partial charge in [-0.3, -0.25) is 10.1 Å². The average molecular weight is 265 g/mol. The molecule has 7 nitrogen and oxygen atoms in total. The molecule has 1 amide bonds. The van der Waals surface area contributed by atoms with Gasteiger partial charge in [-0.1, -0.05) is 0 Å². The Morgan fingerprint density at radius 3 is 3.00 bits per heavy atom. The molecule has 0 bridgehead atoms. The van der Waals surface area contributed by atoms with E-state index in [2.05, 4.69) is 25.5 Å². The molecule has 0 saturated heterocycles. The largest absolute Gasteiger partial charge is 0.466 e. The van der Waals surface area contributed by atoms with Gasteiger partial charge in [-0.15, -0.1) is 16.4 Å². The lowest BCUT2D eigenvalue weighted by Gasteiger charge is -1.94. The van der Waals surface area contributed by atoms with Crippen LogP contribution in [-0.4, -0.2) is 33.2 Å². The molecule has 94 valence electrons. The minimum Gasteiger partial charge on any atom is -0.466 e. The van der Waals surface area contributed by atoms with E-state index in [0.29, 0.717) is 0 Å². The first kappa shape index (κ1) is 12.2. The van der Waals surface area contributed by atoms with Crippen LogP contribution < -0.4 is 10.1 Å². The third kappa shape index (κ3) is 3.14. The van der Waals surface area contributed by atoms with E-state index in [1.165, 1.54) is 24.5 Å². The van der Waals surface area contributed by atoms with Gasteiger partial charge < -0.3 is 4.74 Å². The fourth-order valence-electron chi connectivity index (χ4n) is 1.17. The number of aromatic nitrogens is 4. The van der Waals surface area contributed by atoms with Crippen LogP contribution in [0, 0.1) is 6.92 Å². The zero-order valence-corrected chi connectivity index (χ0v) is 10.6. The lowest BCUT2D eigenvalue weighted by atomic mass is 10.4. The van der Waals surface area contributed by atoms with Crippen LogP contribution in [-0.2, 0) is 4.79 Å². The van der Waals surface area contributed by atoms with Crippen LogP contribution >= 0.6 is 11.3 Å². The number of thiazole rings is 1. The Morgan fingerprint density at radius 1 is 1.56 bits per heavy atom. The normalized spacial score (nSPS) is 10.8. The second kappa shape index (κ2) is 5.41. The summed E-state index contributed by atoms with van der Waals surface area (Å²) in [7, 11) is 1.44. The zero-order chi connectivity index (χ0) is 13.0. The van der Waals surface area contributed by atoms with Gasteiger partial charge in [0.1, 0.15) is 0 Å². The minimum atomic E-state index is -0.320. The highest BCUT2D eigenvalue weighted by atomic mass is 32.1. The highest BCUT2D eigenvalue weighted by Gasteiger charge is 2.04. The number of carbonyl (C=O) groups is 1. The predicted octanol–water partition coefficient (Wildman–Crippen LogP) is 1.23. The number of hydrogen-bond acceptors (Lipinski definition) is 6. The van der Waals surface area contributed by atoms with Crippen LogP contribution in [0.2, 0.25) is 0 Å². The Morgan fingerprint density at radius 2 is 2.39 bits per heavy atom. The molecule has 2 aromatic heterocycles. The van der Waals surface area contributed by atoms with E-state index in [4.69, 9.17) is 4.74 Å². The van der Waals surface area contributed by atoms with E-state index < -0.39 is 0 Å². The van der Waals surface area contributed by atoms with Crippen LogP contribution in [0.4, 0.5) is 5.95 Å². The molecular formula is C10H11N5O2S. The summed E-state index contributed by atoms with van der Waals surface area (Å²) in [6.45, 7) is 1.91. The average Bonchev–Trinajstić information content (AvgIpc) is 2.95. The first-order valence-corrected chi connectivity index (χ1v) is 5.93. The third-order valence-electron chi connectivity index (χ3n) is 1.93. The summed E-state index contributed by atoms with van der Waals surface area (Å²) < 4.78 is 4.78. The molecule has 18 heavy (non-hydrogen) atoms. The van der Waals surface area contributed by atoms with Gasteiger partial charge in [0.15, 0.2) is 0 Å². The molecule has 0 radical (unpaired) electrons. The number of hydrogen-bond donors (Lipinski definition) is 2. The Balaban J connectivity index is 1.94. The molecule has 0 spiro atoms. The van der Waals surface area contributed by atoms with Crippen molar-refractivity contribution in [1.82, 2.24) is 20.2 Å². The molecule has 0 aliphatic rings. The summed E-state index contributed by atoms with van der Waals surface area (Å²) in [5.74, 6) is -0.0876. The maximum Gasteiger partial charge on any atom is 0.336 e. The van der Waals surface area contributed by atoms with Gasteiger partial charge >= 0.3 is 6.01 Å². The van der Waals surface area contributed by atoms with E-state index in [1.54, 1.807) is 6.08 Å². The van der Waals surface area contributed by atoms with Gasteiger partial charge in [0.25, 0.3) is 5.91 Å². The minimum absolute atomic E-state index is 0.171. The summed E-state index contributed by atoms with van der Waals surface area (Å²) in [5, 5.41) is 11.6. The number of anilines is 1. The number of nitrogens with zero attached hydrogens (tertiary/aromatic N) is 3. The maximum atomic E-state index is 11.5. The monoisotopic (exact) mass is 265 g/mol. The van der Waals surface area contributed by atoms with Crippen molar-refractivity contribution >= 4 is 29.3 Å². The number of aromatic amines is 1. The first-order chi connectivity index (χ1) is 8.67. The summed E-state index contributed by atoms with van der Waals surface area (Å²) in [4.78, 5) is 19.6. The molecule has 0 atom stereocenters. The number of aryl methyl sites for hydroxylation is 1. The number of ether oxygens (including phenoxy) is 1. The van der Waals surface area contributed by atoms with Crippen molar-refractivity contribution in [3.05, 3.63) is 22.2 Å². The highest BCUT2D eigenvalue weighted by molar-refractivity contribution is 7.09. The van der Waals surface area contributed by atoms with E-state index in [1.807, 2.05) is 12.3 Å². The summed E-state index contributed by atoms with van der Waals surface area (Å²) in [6, 6.07) is 0.171. The van der Waals surface area contributed by atoms with Crippen LogP contribution in [0.15, 0.2) is 11.5 Å². The van der Waals surface area contributed by atoms with Crippen LogP contribution in [0.1, 0.15) is 10.7 Å². The van der Waals surface area contributed by atoms with Gasteiger partial charge in [-0.2, -0.15) is 4.98 Å². The second-order valence-corrected chi connectivity index (χ2v) is 4.35. The van der Waals surface area contributed by atoms with E-state index in [-0.39, 0.29) is 17.9 Å². The molecule has 8 heteroatoms. The van der Waals surface area contributed by atoms with Crippen molar-refractivity contribution in [3.8, 4) is 6.01 Å². The van der Waals surface area contributed by atoms with Gasteiger partial charge in [0.2, 0.25) is 5.95 Å². The zero-order valence-electron chi connectivity index (χ0n) is 9.80. The molecule has 0 saturated carbocycles. The maximum absolute atomic E-state index is 11.5. The molecule has 0 aromatic carbocycles. The van der Waals surface area contributed by atoms with Gasteiger partial charge in [0, 0.05) is 11.5 Å². The molecule has 2 N–H and O–H groups in total. The molecule has 0 aliphatic carbocycles. The molecule has 0 unspecified atom stereocenters. The van der Waals surface area contributed by atoms with Crippen molar-refractivity contribution in [2.24, 2.45) is 0 Å². The van der Waals surface area contributed by atoms with E-state index >= 15 is 0 Å². The van der Waals surface area contributed by atoms with Crippen molar-refractivity contribution in [2.45, 2.75) is 6.92 Å². The molecule has 0 aliphatic heterocycles. The van der Waals surface area contributed by atoms with Crippen LogP contribution in [0.25, 0.3) is 6.08 Å². The SMILES string of the molecule is COc1n[nH]c(NC(=O)/C=C/c2csc(C)n2)n1. The Kier molecular flexibility index (Phi) is 3.68. The Labute approximate surface area is 107 Å². The smallest absolute Gasteiger partial charge is 0.336 e. The first-order valence-electron chi connectivity index (χ1n) is 5.05. The van der Waals surface area contributed by atoms with Crippen molar-refractivity contribution < 1.29 is 9.53 Å². The molecule has 0 fully saturated rings. The number of methoxy groups -OCH3 is 1. The number of amides is 1. The van der Waals surface area contributed by atoms with Crippen LogP contribution in [0.5, 0.6) is 6.01 Å². The molecule has 2 aromatic rings. The van der Waals surface area contributed by atoms with Gasteiger partial charge in [-0.25, -0.2) is 10.1 Å². The molecule has 2 rings (SSSR count). The summed E-state index contributed by atoms with van der Waals surface area (Å²) in [6.07, 6.45) is 3.01. The number of nitrogens with one attached hydrogen (secondary N) is 2. The fraction of sp³-hybridized carbons (Fsp3) is 0.200. The molecular weight excluding hydrogens is 254 g/mol. The Hall–Kier alpha value is -2.22. The Bertz CT molecular complexity index is 574. The van der Waals surface area contributed by atoms with E-state index in [0.717, 1.165) is 10.7 Å². The van der Waals surface area contributed by atoms with Crippen molar-refractivity contribution in [3.63, 3.8) is 0 Å². The van der Waals surface area contributed by atoms with Crippen molar-refractivity contribution in [1.29, 1.82) is 0 Å².